The van der Waals surface area contributed by atoms with Crippen molar-refractivity contribution in [3.8, 4) is 0 Å². The average Bonchev–Trinajstić information content (AvgIpc) is 3.26. The standard InChI is InChI=1S/C32H34N2O2S/c35-37(36)25-31(33(21-27-13-5-1-6-14-27)22-28-15-7-2-8-16-28)32(26-37)34(23-29-17-9-3-10-18-29)24-30-19-11-4-12-20-30/h1-20,31-32H,21-26H2/t31-,32-/m1/s1. The maximum absolute atomic E-state index is 13.2. The van der Waals surface area contributed by atoms with Crippen LogP contribution in [0.25, 0.3) is 0 Å². The highest BCUT2D eigenvalue weighted by molar-refractivity contribution is 7.91. The van der Waals surface area contributed by atoms with Crippen LogP contribution in [0.5, 0.6) is 0 Å². The highest BCUT2D eigenvalue weighted by Crippen LogP contribution is 2.29. The van der Waals surface area contributed by atoms with E-state index < -0.39 is 9.84 Å². The van der Waals surface area contributed by atoms with E-state index in [0.717, 1.165) is 0 Å². The largest absolute Gasteiger partial charge is 0.289 e. The molecule has 4 aromatic carbocycles. The van der Waals surface area contributed by atoms with Crippen molar-refractivity contribution in [2.75, 3.05) is 11.5 Å². The molecular weight excluding hydrogens is 476 g/mol. The fourth-order valence-electron chi connectivity index (χ4n) is 5.36. The molecule has 0 radical (unpaired) electrons. The van der Waals surface area contributed by atoms with Crippen LogP contribution in [-0.4, -0.2) is 41.8 Å². The predicted molar refractivity (Wildman–Crippen MR) is 150 cm³/mol. The number of hydrogen-bond donors (Lipinski definition) is 0. The third-order valence-corrected chi connectivity index (χ3v) is 8.84. The van der Waals surface area contributed by atoms with Gasteiger partial charge in [0.15, 0.2) is 9.84 Å². The van der Waals surface area contributed by atoms with Crippen molar-refractivity contribution in [3.63, 3.8) is 0 Å². The maximum atomic E-state index is 13.2. The van der Waals surface area contributed by atoms with Crippen LogP contribution >= 0.6 is 0 Å². The summed E-state index contributed by atoms with van der Waals surface area (Å²) in [4.78, 5) is 4.76. The first-order valence-electron chi connectivity index (χ1n) is 12.9. The summed E-state index contributed by atoms with van der Waals surface area (Å²) < 4.78 is 26.4. The molecule has 5 heteroatoms. The normalized spacial score (nSPS) is 18.9. The number of hydrogen-bond acceptors (Lipinski definition) is 4. The van der Waals surface area contributed by atoms with Crippen molar-refractivity contribution in [2.45, 2.75) is 38.3 Å². The maximum Gasteiger partial charge on any atom is 0.153 e. The van der Waals surface area contributed by atoms with Crippen molar-refractivity contribution in [1.29, 1.82) is 0 Å². The van der Waals surface area contributed by atoms with E-state index in [1.54, 1.807) is 0 Å². The van der Waals surface area contributed by atoms with E-state index in [2.05, 4.69) is 107 Å². The summed E-state index contributed by atoms with van der Waals surface area (Å²) in [5, 5.41) is 0. The van der Waals surface area contributed by atoms with Gasteiger partial charge in [-0.2, -0.15) is 0 Å². The first-order valence-corrected chi connectivity index (χ1v) is 14.7. The van der Waals surface area contributed by atoms with Gasteiger partial charge in [-0.3, -0.25) is 9.80 Å². The number of sulfone groups is 1. The van der Waals surface area contributed by atoms with Gasteiger partial charge in [-0.1, -0.05) is 121 Å². The van der Waals surface area contributed by atoms with Gasteiger partial charge in [0, 0.05) is 38.3 Å². The van der Waals surface area contributed by atoms with Crippen LogP contribution in [-0.2, 0) is 36.0 Å². The molecule has 0 spiro atoms. The summed E-state index contributed by atoms with van der Waals surface area (Å²) in [6.45, 7) is 2.82. The molecule has 0 N–H and O–H groups in total. The Labute approximate surface area is 221 Å². The summed E-state index contributed by atoms with van der Waals surface area (Å²) in [5.41, 5.74) is 4.77. The van der Waals surface area contributed by atoms with E-state index in [9.17, 15) is 8.42 Å². The second-order valence-electron chi connectivity index (χ2n) is 9.96. The lowest BCUT2D eigenvalue weighted by molar-refractivity contribution is 0.0863. The molecule has 1 saturated heterocycles. The van der Waals surface area contributed by atoms with E-state index in [0.29, 0.717) is 26.2 Å². The SMILES string of the molecule is O=S1(=O)C[C@@H](N(Cc2ccccc2)Cc2ccccc2)[C@H](N(Cc2ccccc2)Cc2ccccc2)C1. The molecule has 0 unspecified atom stereocenters. The van der Waals surface area contributed by atoms with Gasteiger partial charge in [0.1, 0.15) is 0 Å². The molecule has 4 nitrogen and oxygen atoms in total. The van der Waals surface area contributed by atoms with Gasteiger partial charge in [0.2, 0.25) is 0 Å². The fourth-order valence-corrected chi connectivity index (χ4v) is 7.40. The molecule has 0 aromatic heterocycles. The molecule has 0 amide bonds. The molecular formula is C32H34N2O2S. The Morgan fingerprint density at radius 2 is 0.703 bits per heavy atom. The molecule has 1 aliphatic heterocycles. The zero-order chi connectivity index (χ0) is 25.5. The average molecular weight is 511 g/mol. The lowest BCUT2D eigenvalue weighted by Crippen LogP contribution is -2.50. The van der Waals surface area contributed by atoms with Gasteiger partial charge in [-0.05, 0) is 22.3 Å². The molecule has 1 heterocycles. The van der Waals surface area contributed by atoms with Crippen LogP contribution in [0, 0.1) is 0 Å². The molecule has 2 atom stereocenters. The van der Waals surface area contributed by atoms with Gasteiger partial charge < -0.3 is 0 Å². The van der Waals surface area contributed by atoms with Gasteiger partial charge in [-0.25, -0.2) is 8.42 Å². The smallest absolute Gasteiger partial charge is 0.153 e. The Morgan fingerprint density at radius 1 is 0.459 bits per heavy atom. The molecule has 4 aromatic rings. The van der Waals surface area contributed by atoms with Crippen LogP contribution < -0.4 is 0 Å². The molecule has 0 saturated carbocycles. The molecule has 1 fully saturated rings. The van der Waals surface area contributed by atoms with E-state index in [1.165, 1.54) is 22.3 Å². The third kappa shape index (κ3) is 6.95. The lowest BCUT2D eigenvalue weighted by atomic mass is 10.0. The predicted octanol–water partition coefficient (Wildman–Crippen LogP) is 5.56. The summed E-state index contributed by atoms with van der Waals surface area (Å²) >= 11 is 0. The number of benzene rings is 4. The number of nitrogens with zero attached hydrogens (tertiary/aromatic N) is 2. The van der Waals surface area contributed by atoms with Crippen LogP contribution in [0.1, 0.15) is 22.3 Å². The van der Waals surface area contributed by atoms with Gasteiger partial charge in [0.25, 0.3) is 0 Å². The zero-order valence-corrected chi connectivity index (χ0v) is 21.9. The Bertz CT molecular complexity index is 1160. The van der Waals surface area contributed by atoms with E-state index in [4.69, 9.17) is 0 Å². The highest BCUT2D eigenvalue weighted by atomic mass is 32.2. The van der Waals surface area contributed by atoms with Crippen molar-refractivity contribution >= 4 is 9.84 Å². The second-order valence-corrected chi connectivity index (χ2v) is 12.1. The second kappa shape index (κ2) is 11.9. The van der Waals surface area contributed by atoms with Crippen LogP contribution in [0.3, 0.4) is 0 Å². The molecule has 37 heavy (non-hydrogen) atoms. The fraction of sp³-hybridized carbons (Fsp3) is 0.250. The Kier molecular flexibility index (Phi) is 8.15. The first kappa shape index (κ1) is 25.4. The Hall–Kier alpha value is -3.25. The lowest BCUT2D eigenvalue weighted by Gasteiger charge is -2.38. The van der Waals surface area contributed by atoms with Crippen molar-refractivity contribution in [3.05, 3.63) is 144 Å². The molecule has 190 valence electrons. The summed E-state index contributed by atoms with van der Waals surface area (Å²) in [6.07, 6.45) is 0. The summed E-state index contributed by atoms with van der Waals surface area (Å²) in [5.74, 6) is 0.356. The van der Waals surface area contributed by atoms with Gasteiger partial charge in [-0.15, -0.1) is 0 Å². The minimum Gasteiger partial charge on any atom is -0.289 e. The van der Waals surface area contributed by atoms with Crippen LogP contribution in [0.4, 0.5) is 0 Å². The van der Waals surface area contributed by atoms with Crippen molar-refractivity contribution in [1.82, 2.24) is 9.80 Å². The third-order valence-electron chi connectivity index (χ3n) is 7.15. The summed E-state index contributed by atoms with van der Waals surface area (Å²) in [6, 6.07) is 41.3. The molecule has 5 rings (SSSR count). The first-order chi connectivity index (χ1) is 18.1. The summed E-state index contributed by atoms with van der Waals surface area (Å²) in [7, 11) is -3.19. The Morgan fingerprint density at radius 3 is 0.946 bits per heavy atom. The van der Waals surface area contributed by atoms with Crippen molar-refractivity contribution in [2.24, 2.45) is 0 Å². The molecule has 0 bridgehead atoms. The molecule has 0 aliphatic carbocycles. The van der Waals surface area contributed by atoms with Crippen molar-refractivity contribution < 1.29 is 8.42 Å². The monoisotopic (exact) mass is 510 g/mol. The minimum absolute atomic E-state index is 0.113. The van der Waals surface area contributed by atoms with E-state index in [-0.39, 0.29) is 23.6 Å². The highest BCUT2D eigenvalue weighted by Gasteiger charge is 2.43. The van der Waals surface area contributed by atoms with Gasteiger partial charge >= 0.3 is 0 Å². The van der Waals surface area contributed by atoms with Crippen LogP contribution in [0.2, 0.25) is 0 Å². The zero-order valence-electron chi connectivity index (χ0n) is 21.1. The topological polar surface area (TPSA) is 40.6 Å². The number of rotatable bonds is 10. The van der Waals surface area contributed by atoms with E-state index in [1.807, 2.05) is 24.3 Å². The minimum atomic E-state index is -3.19. The quantitative estimate of drug-likeness (QED) is 0.280. The van der Waals surface area contributed by atoms with E-state index >= 15 is 0 Å². The van der Waals surface area contributed by atoms with Crippen LogP contribution in [0.15, 0.2) is 121 Å². The molecule has 1 aliphatic rings. The Balaban J connectivity index is 1.50. The van der Waals surface area contributed by atoms with Gasteiger partial charge in [0.05, 0.1) is 11.5 Å².